The highest BCUT2D eigenvalue weighted by molar-refractivity contribution is 5.85. The summed E-state index contributed by atoms with van der Waals surface area (Å²) in [5.41, 5.74) is 6.81. The molecular weight excluding hydrogens is 342 g/mol. The molecule has 1 aromatic carbocycles. The largest absolute Gasteiger partial charge is 0.442 e. The fourth-order valence-electron chi connectivity index (χ4n) is 2.92. The second kappa shape index (κ2) is 7.56. The molecule has 1 aromatic heterocycles. The third-order valence-electron chi connectivity index (χ3n) is 4.14. The maximum atomic E-state index is 12.4. The minimum Gasteiger partial charge on any atom is -0.442 e. The first kappa shape index (κ1) is 19.4. The highest BCUT2D eigenvalue weighted by Crippen LogP contribution is 2.29. The molecule has 0 spiro atoms. The van der Waals surface area contributed by atoms with E-state index in [1.807, 2.05) is 30.3 Å². The minimum atomic E-state index is -0.886. The Morgan fingerprint density at radius 2 is 2.04 bits per heavy atom. The van der Waals surface area contributed by atoms with Gasteiger partial charge in [-0.15, -0.1) is 12.4 Å². The molecule has 0 saturated heterocycles. The van der Waals surface area contributed by atoms with Gasteiger partial charge in [0.25, 0.3) is 0 Å². The summed E-state index contributed by atoms with van der Waals surface area (Å²) in [5.74, 6) is 1.26. The molecule has 1 unspecified atom stereocenters. The number of carbonyl (C=O) groups is 1. The van der Waals surface area contributed by atoms with E-state index < -0.39 is 5.54 Å². The van der Waals surface area contributed by atoms with Crippen molar-refractivity contribution in [1.29, 1.82) is 0 Å². The van der Waals surface area contributed by atoms with E-state index in [1.165, 1.54) is 0 Å². The van der Waals surface area contributed by atoms with Crippen molar-refractivity contribution in [1.82, 2.24) is 9.88 Å². The van der Waals surface area contributed by atoms with Crippen LogP contribution in [0, 0.1) is 0 Å². The van der Waals surface area contributed by atoms with Crippen molar-refractivity contribution in [2.75, 3.05) is 13.7 Å². The molecule has 3 rings (SSSR count). The standard InChI is InChI=1S/C18H23N3O3.ClH/c1-18(2,19)17(22)21-10-9-14-13(11-21)20-16(24-14)15(23-3)12-7-5-4-6-8-12;/h4-8,15H,9-11,19H2,1-3H3;1H. The molecule has 25 heavy (non-hydrogen) atoms. The highest BCUT2D eigenvalue weighted by Gasteiger charge is 2.33. The van der Waals surface area contributed by atoms with Gasteiger partial charge in [-0.2, -0.15) is 0 Å². The van der Waals surface area contributed by atoms with Gasteiger partial charge < -0.3 is 19.8 Å². The maximum absolute atomic E-state index is 12.4. The average molecular weight is 366 g/mol. The summed E-state index contributed by atoms with van der Waals surface area (Å²) in [6.45, 7) is 4.44. The van der Waals surface area contributed by atoms with Gasteiger partial charge in [-0.1, -0.05) is 30.3 Å². The summed E-state index contributed by atoms with van der Waals surface area (Å²) in [6.07, 6.45) is 0.280. The molecule has 0 fully saturated rings. The van der Waals surface area contributed by atoms with Crippen LogP contribution in [0.1, 0.15) is 42.9 Å². The Bertz CT molecular complexity index is 725. The Labute approximate surface area is 153 Å². The van der Waals surface area contributed by atoms with Crippen LogP contribution in [0.3, 0.4) is 0 Å². The van der Waals surface area contributed by atoms with Crippen molar-refractivity contribution in [3.05, 3.63) is 53.2 Å². The van der Waals surface area contributed by atoms with Crippen LogP contribution < -0.4 is 5.73 Å². The Balaban J connectivity index is 0.00000225. The Kier molecular flexibility index (Phi) is 5.87. The third kappa shape index (κ3) is 4.03. The lowest BCUT2D eigenvalue weighted by atomic mass is 10.0. The van der Waals surface area contributed by atoms with Crippen LogP contribution in [-0.4, -0.2) is 35.0 Å². The van der Waals surface area contributed by atoms with E-state index in [0.717, 1.165) is 17.0 Å². The number of amides is 1. The molecule has 1 aliphatic rings. The second-order valence-electron chi connectivity index (χ2n) is 6.65. The number of methoxy groups -OCH3 is 1. The van der Waals surface area contributed by atoms with Crippen molar-refractivity contribution in [2.24, 2.45) is 5.73 Å². The number of carbonyl (C=O) groups excluding carboxylic acids is 1. The number of nitrogens with zero attached hydrogens (tertiary/aromatic N) is 2. The zero-order valence-corrected chi connectivity index (χ0v) is 15.5. The van der Waals surface area contributed by atoms with Gasteiger partial charge in [0.1, 0.15) is 11.5 Å². The first-order valence-corrected chi connectivity index (χ1v) is 8.04. The van der Waals surface area contributed by atoms with Crippen LogP contribution in [-0.2, 0) is 22.5 Å². The lowest BCUT2D eigenvalue weighted by Gasteiger charge is -2.31. The fourth-order valence-corrected chi connectivity index (χ4v) is 2.92. The van der Waals surface area contributed by atoms with E-state index in [9.17, 15) is 4.79 Å². The summed E-state index contributed by atoms with van der Waals surface area (Å²) in [4.78, 5) is 18.7. The molecule has 2 aromatic rings. The summed E-state index contributed by atoms with van der Waals surface area (Å²) >= 11 is 0. The molecule has 0 radical (unpaired) electrons. The van der Waals surface area contributed by atoms with Crippen LogP contribution in [0.5, 0.6) is 0 Å². The summed E-state index contributed by atoms with van der Waals surface area (Å²) in [6, 6.07) is 9.81. The molecule has 6 nitrogen and oxygen atoms in total. The third-order valence-corrected chi connectivity index (χ3v) is 4.14. The minimum absolute atomic E-state index is 0. The molecule has 2 N–H and O–H groups in total. The van der Waals surface area contributed by atoms with Crippen LogP contribution >= 0.6 is 12.4 Å². The van der Waals surface area contributed by atoms with E-state index in [2.05, 4.69) is 4.98 Å². The smallest absolute Gasteiger partial charge is 0.242 e. The van der Waals surface area contributed by atoms with Crippen molar-refractivity contribution < 1.29 is 13.9 Å². The number of halogens is 1. The molecule has 1 atom stereocenters. The Morgan fingerprint density at radius 3 is 2.64 bits per heavy atom. The van der Waals surface area contributed by atoms with Crippen molar-refractivity contribution in [3.8, 4) is 0 Å². The quantitative estimate of drug-likeness (QED) is 0.900. The highest BCUT2D eigenvalue weighted by atomic mass is 35.5. The monoisotopic (exact) mass is 365 g/mol. The van der Waals surface area contributed by atoms with Gasteiger partial charge >= 0.3 is 0 Å². The van der Waals surface area contributed by atoms with Gasteiger partial charge in [0, 0.05) is 20.1 Å². The molecular formula is C18H24ClN3O3. The van der Waals surface area contributed by atoms with Crippen LogP contribution in [0.2, 0.25) is 0 Å². The summed E-state index contributed by atoms with van der Waals surface area (Å²) in [7, 11) is 1.63. The second-order valence-corrected chi connectivity index (χ2v) is 6.65. The lowest BCUT2D eigenvalue weighted by molar-refractivity contribution is -0.136. The van der Waals surface area contributed by atoms with E-state index in [0.29, 0.717) is 25.4 Å². The number of hydrogen-bond donors (Lipinski definition) is 1. The van der Waals surface area contributed by atoms with Gasteiger partial charge in [-0.25, -0.2) is 4.98 Å². The number of oxazole rings is 1. The predicted molar refractivity (Wildman–Crippen MR) is 96.4 cm³/mol. The van der Waals surface area contributed by atoms with E-state index in [1.54, 1.807) is 25.9 Å². The van der Waals surface area contributed by atoms with Crippen LogP contribution in [0.15, 0.2) is 34.7 Å². The number of nitrogens with two attached hydrogens (primary N) is 1. The number of hydrogen-bond acceptors (Lipinski definition) is 5. The molecule has 136 valence electrons. The Hall–Kier alpha value is -1.89. The first-order chi connectivity index (χ1) is 11.4. The van der Waals surface area contributed by atoms with Crippen molar-refractivity contribution >= 4 is 18.3 Å². The number of fused-ring (bicyclic) bond motifs is 1. The average Bonchev–Trinajstić information content (AvgIpc) is 2.97. The van der Waals surface area contributed by atoms with Gasteiger partial charge in [0.05, 0.1) is 12.1 Å². The molecule has 2 heterocycles. The lowest BCUT2D eigenvalue weighted by Crippen LogP contribution is -2.52. The van der Waals surface area contributed by atoms with Crippen molar-refractivity contribution in [3.63, 3.8) is 0 Å². The fraction of sp³-hybridized carbons (Fsp3) is 0.444. The molecule has 0 bridgehead atoms. The molecule has 0 saturated carbocycles. The van der Waals surface area contributed by atoms with E-state index >= 15 is 0 Å². The van der Waals surface area contributed by atoms with Crippen LogP contribution in [0.25, 0.3) is 0 Å². The number of rotatable bonds is 4. The molecule has 7 heteroatoms. The topological polar surface area (TPSA) is 81.6 Å². The summed E-state index contributed by atoms with van der Waals surface area (Å²) in [5, 5.41) is 0. The Morgan fingerprint density at radius 1 is 1.36 bits per heavy atom. The van der Waals surface area contributed by atoms with Crippen molar-refractivity contribution in [2.45, 2.75) is 38.5 Å². The summed E-state index contributed by atoms with van der Waals surface area (Å²) < 4.78 is 11.5. The van der Waals surface area contributed by atoms with Gasteiger partial charge in [-0.3, -0.25) is 4.79 Å². The molecule has 0 aliphatic carbocycles. The van der Waals surface area contributed by atoms with E-state index in [4.69, 9.17) is 14.9 Å². The predicted octanol–water partition coefficient (Wildman–Crippen LogP) is 2.45. The molecule has 1 aliphatic heterocycles. The first-order valence-electron chi connectivity index (χ1n) is 8.04. The number of ether oxygens (including phenoxy) is 1. The van der Waals surface area contributed by atoms with Gasteiger partial charge in [-0.05, 0) is 19.4 Å². The van der Waals surface area contributed by atoms with Crippen LogP contribution in [0.4, 0.5) is 0 Å². The number of aromatic nitrogens is 1. The maximum Gasteiger partial charge on any atom is 0.242 e. The van der Waals surface area contributed by atoms with Gasteiger partial charge in [0.2, 0.25) is 11.8 Å². The number of benzene rings is 1. The SMILES string of the molecule is COC(c1ccccc1)c1nc2c(o1)CCN(C(=O)C(C)(C)N)C2.Cl. The zero-order chi connectivity index (χ0) is 17.3. The zero-order valence-electron chi connectivity index (χ0n) is 14.7. The van der Waals surface area contributed by atoms with E-state index in [-0.39, 0.29) is 24.4 Å². The molecule has 1 amide bonds. The normalized spacial score (nSPS) is 15.3. The van der Waals surface area contributed by atoms with Gasteiger partial charge in [0.15, 0.2) is 6.10 Å².